The van der Waals surface area contributed by atoms with Gasteiger partial charge in [-0.2, -0.15) is 0 Å². The molecule has 12 heavy (non-hydrogen) atoms. The molecule has 0 saturated carbocycles. The lowest BCUT2D eigenvalue weighted by Crippen LogP contribution is -2.37. The number of likely N-dealkylation sites (tertiary alicyclic amines) is 1. The first-order valence-corrected chi connectivity index (χ1v) is 4.64. The summed E-state index contributed by atoms with van der Waals surface area (Å²) >= 11 is 0. The third kappa shape index (κ3) is 1.97. The van der Waals surface area contributed by atoms with E-state index in [1.165, 1.54) is 12.8 Å². The standard InChI is InChI=1S/C9H18N2O/c1-3-4-7-5-8(9(10)12)11(2)6-7/h7-8H,3-6H2,1-2H3,(H2,10,12). The van der Waals surface area contributed by atoms with Crippen LogP contribution in [0.15, 0.2) is 0 Å². The SMILES string of the molecule is CCCC1CC(C(N)=O)N(C)C1. The molecule has 2 atom stereocenters. The van der Waals surface area contributed by atoms with Crippen molar-refractivity contribution in [2.75, 3.05) is 13.6 Å². The summed E-state index contributed by atoms with van der Waals surface area (Å²) in [7, 11) is 1.98. The molecule has 0 spiro atoms. The molecular formula is C9H18N2O. The van der Waals surface area contributed by atoms with Crippen molar-refractivity contribution in [2.24, 2.45) is 11.7 Å². The van der Waals surface area contributed by atoms with Gasteiger partial charge in [0, 0.05) is 6.54 Å². The van der Waals surface area contributed by atoms with Gasteiger partial charge in [-0.1, -0.05) is 13.3 Å². The van der Waals surface area contributed by atoms with E-state index >= 15 is 0 Å². The lowest BCUT2D eigenvalue weighted by atomic mass is 10.0. The lowest BCUT2D eigenvalue weighted by molar-refractivity contribution is -0.121. The summed E-state index contributed by atoms with van der Waals surface area (Å²) in [6.45, 7) is 3.21. The number of amides is 1. The third-order valence-corrected chi connectivity index (χ3v) is 2.66. The first-order chi connectivity index (χ1) is 5.65. The van der Waals surface area contributed by atoms with E-state index in [1.807, 2.05) is 7.05 Å². The Labute approximate surface area is 73.9 Å². The fraction of sp³-hybridized carbons (Fsp3) is 0.889. The second kappa shape index (κ2) is 3.90. The number of hydrogen-bond acceptors (Lipinski definition) is 2. The molecule has 0 radical (unpaired) electrons. The van der Waals surface area contributed by atoms with Crippen LogP contribution in [0.2, 0.25) is 0 Å². The monoisotopic (exact) mass is 170 g/mol. The molecule has 0 aromatic carbocycles. The van der Waals surface area contributed by atoms with Gasteiger partial charge in [-0.05, 0) is 25.8 Å². The van der Waals surface area contributed by atoms with Crippen molar-refractivity contribution in [2.45, 2.75) is 32.2 Å². The zero-order valence-corrected chi connectivity index (χ0v) is 7.92. The molecule has 1 fully saturated rings. The van der Waals surface area contributed by atoms with Crippen LogP contribution in [0, 0.1) is 5.92 Å². The Kier molecular flexibility index (Phi) is 3.09. The van der Waals surface area contributed by atoms with Gasteiger partial charge in [-0.25, -0.2) is 0 Å². The van der Waals surface area contributed by atoms with E-state index in [-0.39, 0.29) is 11.9 Å². The largest absolute Gasteiger partial charge is 0.368 e. The number of likely N-dealkylation sites (N-methyl/N-ethyl adjacent to an activating group) is 1. The molecule has 2 unspecified atom stereocenters. The zero-order chi connectivity index (χ0) is 9.14. The van der Waals surface area contributed by atoms with Crippen LogP contribution in [0.25, 0.3) is 0 Å². The summed E-state index contributed by atoms with van der Waals surface area (Å²) in [6.07, 6.45) is 3.37. The van der Waals surface area contributed by atoms with Crippen LogP contribution in [-0.4, -0.2) is 30.4 Å². The second-order valence-corrected chi connectivity index (χ2v) is 3.75. The summed E-state index contributed by atoms with van der Waals surface area (Å²) < 4.78 is 0. The Morgan fingerprint density at radius 3 is 2.75 bits per heavy atom. The Morgan fingerprint density at radius 2 is 2.33 bits per heavy atom. The average Bonchev–Trinajstić information content (AvgIpc) is 2.32. The van der Waals surface area contributed by atoms with Crippen LogP contribution < -0.4 is 5.73 Å². The van der Waals surface area contributed by atoms with Gasteiger partial charge < -0.3 is 5.73 Å². The predicted octanol–water partition coefficient (Wildman–Crippen LogP) is 0.592. The second-order valence-electron chi connectivity index (χ2n) is 3.75. The Morgan fingerprint density at radius 1 is 1.67 bits per heavy atom. The minimum Gasteiger partial charge on any atom is -0.368 e. The van der Waals surface area contributed by atoms with E-state index in [0.717, 1.165) is 13.0 Å². The summed E-state index contributed by atoms with van der Waals surface area (Å²) in [5, 5.41) is 0. The summed E-state index contributed by atoms with van der Waals surface area (Å²) in [5.74, 6) is 0.508. The topological polar surface area (TPSA) is 46.3 Å². The quantitative estimate of drug-likeness (QED) is 0.674. The number of carbonyl (C=O) groups is 1. The van der Waals surface area contributed by atoms with Gasteiger partial charge in [-0.15, -0.1) is 0 Å². The van der Waals surface area contributed by atoms with Gasteiger partial charge in [0.1, 0.15) is 0 Å². The van der Waals surface area contributed by atoms with Crippen molar-refractivity contribution in [1.82, 2.24) is 4.90 Å². The minimum absolute atomic E-state index is 0.0125. The predicted molar refractivity (Wildman–Crippen MR) is 48.6 cm³/mol. The van der Waals surface area contributed by atoms with Crippen LogP contribution in [-0.2, 0) is 4.79 Å². The number of nitrogens with two attached hydrogens (primary N) is 1. The van der Waals surface area contributed by atoms with Crippen molar-refractivity contribution in [3.05, 3.63) is 0 Å². The Balaban J connectivity index is 2.44. The molecule has 1 amide bonds. The molecule has 1 aliphatic heterocycles. The van der Waals surface area contributed by atoms with Crippen LogP contribution >= 0.6 is 0 Å². The number of primary amides is 1. The van der Waals surface area contributed by atoms with Crippen molar-refractivity contribution in [1.29, 1.82) is 0 Å². The first kappa shape index (κ1) is 9.52. The molecule has 0 bridgehead atoms. The lowest BCUT2D eigenvalue weighted by Gasteiger charge is -2.14. The van der Waals surface area contributed by atoms with Crippen LogP contribution in [0.4, 0.5) is 0 Å². The van der Waals surface area contributed by atoms with E-state index < -0.39 is 0 Å². The maximum absolute atomic E-state index is 10.9. The molecule has 2 N–H and O–H groups in total. The molecule has 70 valence electrons. The summed E-state index contributed by atoms with van der Waals surface area (Å²) in [5.41, 5.74) is 5.27. The van der Waals surface area contributed by atoms with Crippen molar-refractivity contribution in [3.63, 3.8) is 0 Å². The van der Waals surface area contributed by atoms with Crippen molar-refractivity contribution < 1.29 is 4.79 Å². The zero-order valence-electron chi connectivity index (χ0n) is 7.92. The first-order valence-electron chi connectivity index (χ1n) is 4.64. The van der Waals surface area contributed by atoms with Crippen LogP contribution in [0.5, 0.6) is 0 Å². The van der Waals surface area contributed by atoms with Crippen LogP contribution in [0.3, 0.4) is 0 Å². The van der Waals surface area contributed by atoms with Gasteiger partial charge >= 0.3 is 0 Å². The highest BCUT2D eigenvalue weighted by atomic mass is 16.1. The average molecular weight is 170 g/mol. The summed E-state index contributed by atoms with van der Waals surface area (Å²) in [6, 6.07) is -0.0125. The van der Waals surface area contributed by atoms with Gasteiger partial charge in [0.05, 0.1) is 6.04 Å². The third-order valence-electron chi connectivity index (χ3n) is 2.66. The maximum atomic E-state index is 10.9. The highest BCUT2D eigenvalue weighted by Crippen LogP contribution is 2.24. The molecule has 1 saturated heterocycles. The van der Waals surface area contributed by atoms with E-state index in [1.54, 1.807) is 0 Å². The molecule has 1 heterocycles. The molecule has 1 rings (SSSR count). The number of nitrogens with zero attached hydrogens (tertiary/aromatic N) is 1. The van der Waals surface area contributed by atoms with Crippen molar-refractivity contribution in [3.8, 4) is 0 Å². The van der Waals surface area contributed by atoms with Crippen LogP contribution in [0.1, 0.15) is 26.2 Å². The van der Waals surface area contributed by atoms with Gasteiger partial charge in [0.15, 0.2) is 0 Å². The molecule has 3 heteroatoms. The Bertz CT molecular complexity index is 170. The molecule has 0 aromatic heterocycles. The number of carbonyl (C=O) groups excluding carboxylic acids is 1. The summed E-state index contributed by atoms with van der Waals surface area (Å²) in [4.78, 5) is 13.0. The fourth-order valence-electron chi connectivity index (χ4n) is 2.06. The van der Waals surface area contributed by atoms with E-state index in [4.69, 9.17) is 5.73 Å². The van der Waals surface area contributed by atoms with Crippen molar-refractivity contribution >= 4 is 5.91 Å². The highest BCUT2D eigenvalue weighted by Gasteiger charge is 2.32. The smallest absolute Gasteiger partial charge is 0.234 e. The van der Waals surface area contributed by atoms with Gasteiger partial charge in [0.2, 0.25) is 5.91 Å². The van der Waals surface area contributed by atoms with E-state index in [2.05, 4.69) is 11.8 Å². The molecule has 1 aliphatic rings. The fourth-order valence-corrected chi connectivity index (χ4v) is 2.06. The maximum Gasteiger partial charge on any atom is 0.234 e. The minimum atomic E-state index is -0.170. The normalized spacial score (nSPS) is 30.8. The molecular weight excluding hydrogens is 152 g/mol. The number of hydrogen-bond donors (Lipinski definition) is 1. The molecule has 0 aliphatic carbocycles. The van der Waals surface area contributed by atoms with Gasteiger partial charge in [0.25, 0.3) is 0 Å². The van der Waals surface area contributed by atoms with E-state index in [9.17, 15) is 4.79 Å². The highest BCUT2D eigenvalue weighted by molar-refractivity contribution is 5.80. The number of rotatable bonds is 3. The van der Waals surface area contributed by atoms with E-state index in [0.29, 0.717) is 5.92 Å². The van der Waals surface area contributed by atoms with Gasteiger partial charge in [-0.3, -0.25) is 9.69 Å². The Hall–Kier alpha value is -0.570. The molecule has 0 aromatic rings. The molecule has 3 nitrogen and oxygen atoms in total.